The summed E-state index contributed by atoms with van der Waals surface area (Å²) >= 11 is 0. The number of hydrogen-bond donors (Lipinski definition) is 2. The van der Waals surface area contributed by atoms with Gasteiger partial charge in [0.15, 0.2) is 0 Å². The molecule has 10 heteroatoms. The number of hydrogen-bond acceptors (Lipinski definition) is 6. The number of esters is 1. The van der Waals surface area contributed by atoms with Crippen LogP contribution in [0.15, 0.2) is 72.9 Å². The van der Waals surface area contributed by atoms with Gasteiger partial charge in [0, 0.05) is 12.8 Å². The van der Waals surface area contributed by atoms with Crippen molar-refractivity contribution in [1.82, 2.24) is 5.32 Å². The van der Waals surface area contributed by atoms with Crippen LogP contribution in [-0.2, 0) is 27.9 Å². The second-order valence-corrected chi connectivity index (χ2v) is 22.3. The Morgan fingerprint density at radius 1 is 0.493 bits per heavy atom. The number of phosphoric acid groups is 1. The highest BCUT2D eigenvalue weighted by Crippen LogP contribution is 2.43. The summed E-state index contributed by atoms with van der Waals surface area (Å²) in [7, 11) is 1.47. The molecule has 1 amide bonds. The van der Waals surface area contributed by atoms with E-state index in [1.807, 2.05) is 33.3 Å². The molecule has 0 aliphatic carbocycles. The molecule has 0 saturated heterocycles. The maximum Gasteiger partial charge on any atom is 0.472 e. The standard InChI is InChI=1S/C61H111N2O7P/c1-7-10-13-16-19-22-25-27-29-30-31-32-34-35-38-41-44-47-50-53-60(64)62-58(57-69-71(66,67)68-56-55-63(4,5)6)59(52-49-46-43-40-37-24-21-18-15-12-9-3)70-61(65)54-51-48-45-42-39-36-33-28-26-23-20-17-14-11-8-2/h19,22-23,26-27,29,31-32,35,38,49,52,58-59H,7-18,20-21,24-25,28,30,33-34,36-37,39-48,50-51,53-57H2,1-6H3,(H-,62,64,66,67)/p+1/b22-19-,26-23-,29-27-,32-31-,38-35-,52-49-. The molecule has 0 spiro atoms. The molecule has 71 heavy (non-hydrogen) atoms. The van der Waals surface area contributed by atoms with E-state index in [4.69, 9.17) is 13.8 Å². The number of amides is 1. The van der Waals surface area contributed by atoms with E-state index >= 15 is 0 Å². The smallest absolute Gasteiger partial charge is 0.456 e. The van der Waals surface area contributed by atoms with Gasteiger partial charge in [-0.15, -0.1) is 0 Å². The van der Waals surface area contributed by atoms with E-state index in [1.54, 1.807) is 0 Å². The Morgan fingerprint density at radius 2 is 0.859 bits per heavy atom. The Morgan fingerprint density at radius 3 is 1.35 bits per heavy atom. The molecule has 0 fully saturated rings. The summed E-state index contributed by atoms with van der Waals surface area (Å²) in [5, 5.41) is 3.03. The predicted molar refractivity (Wildman–Crippen MR) is 305 cm³/mol. The Balaban J connectivity index is 5.36. The molecule has 0 heterocycles. The van der Waals surface area contributed by atoms with Gasteiger partial charge in [0.1, 0.15) is 19.3 Å². The molecule has 0 aromatic heterocycles. The number of carbonyl (C=O) groups is 2. The summed E-state index contributed by atoms with van der Waals surface area (Å²) in [5.74, 6) is -0.548. The molecule has 0 radical (unpaired) electrons. The van der Waals surface area contributed by atoms with Crippen molar-refractivity contribution in [3.8, 4) is 0 Å². The molecule has 0 aliphatic rings. The van der Waals surface area contributed by atoms with Crippen LogP contribution in [0, 0.1) is 0 Å². The van der Waals surface area contributed by atoms with E-state index < -0.39 is 20.0 Å². The summed E-state index contributed by atoms with van der Waals surface area (Å²) < 4.78 is 30.6. The van der Waals surface area contributed by atoms with Crippen LogP contribution in [0.5, 0.6) is 0 Å². The van der Waals surface area contributed by atoms with Gasteiger partial charge in [0.2, 0.25) is 5.91 Å². The van der Waals surface area contributed by atoms with Crippen molar-refractivity contribution < 1.29 is 37.3 Å². The van der Waals surface area contributed by atoms with Gasteiger partial charge in [-0.3, -0.25) is 18.6 Å². The molecule has 0 aliphatic heterocycles. The van der Waals surface area contributed by atoms with Crippen LogP contribution in [0.3, 0.4) is 0 Å². The van der Waals surface area contributed by atoms with E-state index in [0.717, 1.165) is 89.9 Å². The number of carbonyl (C=O) groups excluding carboxylic acids is 2. The first-order valence-electron chi connectivity index (χ1n) is 29.3. The first kappa shape index (κ1) is 68.5. The summed E-state index contributed by atoms with van der Waals surface area (Å²) in [4.78, 5) is 37.6. The monoisotopic (exact) mass is 1020 g/mol. The highest BCUT2D eigenvalue weighted by molar-refractivity contribution is 7.47. The number of quaternary nitrogens is 1. The van der Waals surface area contributed by atoms with E-state index in [1.165, 1.54) is 122 Å². The molecular weight excluding hydrogens is 904 g/mol. The van der Waals surface area contributed by atoms with Gasteiger partial charge in [0.05, 0.1) is 33.8 Å². The minimum atomic E-state index is -4.46. The molecule has 3 atom stereocenters. The van der Waals surface area contributed by atoms with Crippen LogP contribution in [0.25, 0.3) is 0 Å². The van der Waals surface area contributed by atoms with Crippen molar-refractivity contribution in [2.24, 2.45) is 0 Å². The van der Waals surface area contributed by atoms with Crippen LogP contribution < -0.4 is 5.32 Å². The van der Waals surface area contributed by atoms with Crippen molar-refractivity contribution in [1.29, 1.82) is 0 Å². The third-order valence-corrected chi connectivity index (χ3v) is 13.6. The summed E-state index contributed by atoms with van der Waals surface area (Å²) in [6.07, 6.45) is 64.6. The van der Waals surface area contributed by atoms with Crippen molar-refractivity contribution in [3.05, 3.63) is 72.9 Å². The van der Waals surface area contributed by atoms with Gasteiger partial charge in [-0.2, -0.15) is 0 Å². The lowest BCUT2D eigenvalue weighted by Crippen LogP contribution is -2.47. The Kier molecular flexibility index (Phi) is 49.1. The third kappa shape index (κ3) is 52.1. The number of phosphoric ester groups is 1. The van der Waals surface area contributed by atoms with Gasteiger partial charge in [-0.1, -0.05) is 210 Å². The fourth-order valence-corrected chi connectivity index (χ4v) is 8.77. The first-order valence-corrected chi connectivity index (χ1v) is 30.8. The van der Waals surface area contributed by atoms with Gasteiger partial charge in [-0.25, -0.2) is 4.57 Å². The Bertz CT molecular complexity index is 1450. The number of ether oxygens (including phenoxy) is 1. The van der Waals surface area contributed by atoms with Crippen LogP contribution in [0.2, 0.25) is 0 Å². The second kappa shape index (κ2) is 51.0. The van der Waals surface area contributed by atoms with E-state index in [0.29, 0.717) is 23.9 Å². The van der Waals surface area contributed by atoms with E-state index in [9.17, 15) is 19.0 Å². The molecule has 0 aromatic carbocycles. The summed E-state index contributed by atoms with van der Waals surface area (Å²) in [5.41, 5.74) is 0. The van der Waals surface area contributed by atoms with Gasteiger partial charge < -0.3 is 19.4 Å². The highest BCUT2D eigenvalue weighted by atomic mass is 31.2. The molecule has 412 valence electrons. The maximum atomic E-state index is 13.5. The molecule has 0 bridgehead atoms. The normalized spacial score (nSPS) is 14.3. The zero-order valence-corrected chi connectivity index (χ0v) is 47.8. The largest absolute Gasteiger partial charge is 0.472 e. The average Bonchev–Trinajstić information content (AvgIpc) is 3.33. The fourth-order valence-electron chi connectivity index (χ4n) is 8.03. The van der Waals surface area contributed by atoms with Gasteiger partial charge in [0.25, 0.3) is 0 Å². The SMILES string of the molecule is CCCCC/C=C\C/C=C\C/C=C\C/C=C\CCCCCC(=O)NC(COP(=O)(O)OCC[N+](C)(C)C)C(/C=C\CCCCCCCCCCC)OC(=O)CCCCCCCCC/C=C\CCCCCC. The number of nitrogens with one attached hydrogen (secondary N) is 1. The average molecular weight is 1020 g/mol. The van der Waals surface area contributed by atoms with Crippen molar-refractivity contribution in [2.45, 2.75) is 264 Å². The van der Waals surface area contributed by atoms with E-state index in [-0.39, 0.29) is 31.5 Å². The second-order valence-electron chi connectivity index (χ2n) is 20.8. The number of allylic oxidation sites excluding steroid dienone is 11. The minimum Gasteiger partial charge on any atom is -0.456 e. The fraction of sp³-hybridized carbons (Fsp3) is 0.770. The lowest BCUT2D eigenvalue weighted by atomic mass is 10.1. The Hall–Kier alpha value is -2.55. The first-order chi connectivity index (χ1) is 34.4. The van der Waals surface area contributed by atoms with E-state index in [2.05, 4.69) is 86.8 Å². The van der Waals surface area contributed by atoms with Crippen LogP contribution in [0.1, 0.15) is 252 Å². The lowest BCUT2D eigenvalue weighted by molar-refractivity contribution is -0.870. The topological polar surface area (TPSA) is 111 Å². The van der Waals surface area contributed by atoms with Crippen LogP contribution in [-0.4, -0.2) is 74.3 Å². The molecule has 0 aromatic rings. The minimum absolute atomic E-state index is 0.0308. The van der Waals surface area contributed by atoms with Crippen molar-refractivity contribution in [3.63, 3.8) is 0 Å². The number of nitrogens with zero attached hydrogens (tertiary/aromatic N) is 1. The Labute approximate surface area is 438 Å². The highest BCUT2D eigenvalue weighted by Gasteiger charge is 2.30. The molecule has 0 rings (SSSR count). The zero-order valence-electron chi connectivity index (χ0n) is 47.0. The lowest BCUT2D eigenvalue weighted by Gasteiger charge is -2.27. The number of rotatable bonds is 52. The van der Waals surface area contributed by atoms with Crippen LogP contribution >= 0.6 is 7.82 Å². The van der Waals surface area contributed by atoms with Crippen molar-refractivity contribution in [2.75, 3.05) is 40.9 Å². The number of likely N-dealkylation sites (N-methyl/N-ethyl adjacent to an activating group) is 1. The quantitative estimate of drug-likeness (QED) is 0.0205. The summed E-state index contributed by atoms with van der Waals surface area (Å²) in [6.45, 7) is 6.93. The zero-order chi connectivity index (χ0) is 52.2. The molecule has 9 nitrogen and oxygen atoms in total. The molecule has 2 N–H and O–H groups in total. The third-order valence-electron chi connectivity index (χ3n) is 12.6. The van der Waals surface area contributed by atoms with Gasteiger partial charge >= 0.3 is 13.8 Å². The molecule has 3 unspecified atom stereocenters. The predicted octanol–water partition coefficient (Wildman–Crippen LogP) is 17.7. The molecular formula is C61H112N2O7P+. The van der Waals surface area contributed by atoms with Crippen LogP contribution in [0.4, 0.5) is 0 Å². The molecule has 0 saturated carbocycles. The maximum absolute atomic E-state index is 13.5. The van der Waals surface area contributed by atoms with Crippen molar-refractivity contribution >= 4 is 19.7 Å². The summed E-state index contributed by atoms with van der Waals surface area (Å²) in [6, 6.07) is -0.868. The van der Waals surface area contributed by atoms with Gasteiger partial charge in [-0.05, 0) is 102 Å². The number of unbranched alkanes of at least 4 members (excludes halogenated alkanes) is 26.